The van der Waals surface area contributed by atoms with Gasteiger partial charge in [0, 0.05) is 12.1 Å². The topological polar surface area (TPSA) is 29.3 Å². The van der Waals surface area contributed by atoms with E-state index in [-0.39, 0.29) is 0 Å². The van der Waals surface area contributed by atoms with Gasteiger partial charge in [-0.05, 0) is 46.2 Å². The highest BCUT2D eigenvalue weighted by atomic mass is 15.1. The molecule has 0 bridgehead atoms. The van der Waals surface area contributed by atoms with Gasteiger partial charge in [0.25, 0.3) is 0 Å². The third kappa shape index (κ3) is 3.28. The first-order valence-corrected chi connectivity index (χ1v) is 5.53. The second-order valence-electron chi connectivity index (χ2n) is 4.79. The zero-order valence-corrected chi connectivity index (χ0v) is 9.29. The van der Waals surface area contributed by atoms with Crippen molar-refractivity contribution in [1.29, 1.82) is 0 Å². The van der Waals surface area contributed by atoms with Gasteiger partial charge in [-0.1, -0.05) is 12.8 Å². The minimum absolute atomic E-state index is 0.341. The highest BCUT2D eigenvalue weighted by Gasteiger charge is 2.26. The Morgan fingerprint density at radius 3 is 2.23 bits per heavy atom. The predicted molar refractivity (Wildman–Crippen MR) is 57.7 cm³/mol. The summed E-state index contributed by atoms with van der Waals surface area (Å²) in [7, 11) is 4.37. The minimum atomic E-state index is 0.341. The Labute approximate surface area is 82.5 Å². The molecule has 0 saturated heterocycles. The maximum Gasteiger partial charge on any atom is 0.0132 e. The predicted octanol–water partition coefficient (Wildman–Crippen LogP) is 1.84. The molecule has 2 N–H and O–H groups in total. The van der Waals surface area contributed by atoms with Crippen molar-refractivity contribution in [2.45, 2.75) is 51.1 Å². The molecular formula is C11H24N2. The first kappa shape index (κ1) is 11.0. The number of hydrogen-bond acceptors (Lipinski definition) is 2. The van der Waals surface area contributed by atoms with E-state index in [4.69, 9.17) is 5.73 Å². The zero-order valence-electron chi connectivity index (χ0n) is 9.29. The summed E-state index contributed by atoms with van der Waals surface area (Å²) in [5.41, 5.74) is 5.87. The summed E-state index contributed by atoms with van der Waals surface area (Å²) in [6.45, 7) is 2.12. The highest BCUT2D eigenvalue weighted by molar-refractivity contribution is 4.82. The molecule has 0 spiro atoms. The fraction of sp³-hybridized carbons (Fsp3) is 1.00. The normalized spacial score (nSPS) is 23.8. The van der Waals surface area contributed by atoms with Crippen molar-refractivity contribution in [2.75, 3.05) is 14.1 Å². The van der Waals surface area contributed by atoms with Gasteiger partial charge in [0.05, 0.1) is 0 Å². The lowest BCUT2D eigenvalue weighted by molar-refractivity contribution is 0.191. The molecule has 13 heavy (non-hydrogen) atoms. The molecule has 1 rings (SSSR count). The quantitative estimate of drug-likeness (QED) is 0.722. The average molecular weight is 184 g/mol. The van der Waals surface area contributed by atoms with Crippen LogP contribution in [-0.4, -0.2) is 31.1 Å². The van der Waals surface area contributed by atoms with E-state index in [2.05, 4.69) is 25.9 Å². The minimum Gasteiger partial charge on any atom is -0.328 e. The molecule has 2 unspecified atom stereocenters. The van der Waals surface area contributed by atoms with Crippen LogP contribution in [0.5, 0.6) is 0 Å². The summed E-state index contributed by atoms with van der Waals surface area (Å²) in [4.78, 5) is 2.36. The van der Waals surface area contributed by atoms with Crippen molar-refractivity contribution < 1.29 is 0 Å². The first-order valence-electron chi connectivity index (χ1n) is 5.53. The van der Waals surface area contributed by atoms with Crippen molar-refractivity contribution in [3.8, 4) is 0 Å². The van der Waals surface area contributed by atoms with E-state index in [1.54, 1.807) is 0 Å². The van der Waals surface area contributed by atoms with Crippen molar-refractivity contribution >= 4 is 0 Å². The summed E-state index contributed by atoms with van der Waals surface area (Å²) >= 11 is 0. The van der Waals surface area contributed by atoms with Gasteiger partial charge in [-0.3, -0.25) is 0 Å². The molecule has 0 aromatic heterocycles. The lowest BCUT2D eigenvalue weighted by Crippen LogP contribution is -2.38. The first-order chi connectivity index (χ1) is 6.11. The summed E-state index contributed by atoms with van der Waals surface area (Å²) in [5.74, 6) is 0.904. The molecular weight excluding hydrogens is 160 g/mol. The third-order valence-corrected chi connectivity index (χ3v) is 3.22. The zero-order chi connectivity index (χ0) is 9.84. The van der Waals surface area contributed by atoms with Crippen molar-refractivity contribution in [3.05, 3.63) is 0 Å². The maximum atomic E-state index is 5.87. The standard InChI is InChI=1S/C11H24N2/c1-9(12)8-11(13(2)3)10-6-4-5-7-10/h9-11H,4-8,12H2,1-3H3. The van der Waals surface area contributed by atoms with Gasteiger partial charge in [-0.25, -0.2) is 0 Å². The van der Waals surface area contributed by atoms with Gasteiger partial charge in [0.15, 0.2) is 0 Å². The molecule has 0 aliphatic heterocycles. The van der Waals surface area contributed by atoms with Crippen LogP contribution in [0.3, 0.4) is 0 Å². The largest absolute Gasteiger partial charge is 0.328 e. The van der Waals surface area contributed by atoms with Crippen LogP contribution in [0.4, 0.5) is 0 Å². The fourth-order valence-electron chi connectivity index (χ4n) is 2.55. The maximum absolute atomic E-state index is 5.87. The van der Waals surface area contributed by atoms with Crippen molar-refractivity contribution in [1.82, 2.24) is 4.90 Å². The lowest BCUT2D eigenvalue weighted by atomic mass is 9.92. The van der Waals surface area contributed by atoms with Gasteiger partial charge >= 0.3 is 0 Å². The monoisotopic (exact) mass is 184 g/mol. The number of rotatable bonds is 4. The number of nitrogens with two attached hydrogens (primary N) is 1. The van der Waals surface area contributed by atoms with Gasteiger partial charge in [-0.2, -0.15) is 0 Å². The van der Waals surface area contributed by atoms with Crippen LogP contribution in [0.15, 0.2) is 0 Å². The van der Waals surface area contributed by atoms with Crippen LogP contribution < -0.4 is 5.73 Å². The number of nitrogens with zero attached hydrogens (tertiary/aromatic N) is 1. The summed E-state index contributed by atoms with van der Waals surface area (Å²) in [6.07, 6.45) is 6.82. The molecule has 0 radical (unpaired) electrons. The Morgan fingerprint density at radius 2 is 1.85 bits per heavy atom. The van der Waals surface area contributed by atoms with Crippen LogP contribution in [-0.2, 0) is 0 Å². The summed E-state index contributed by atoms with van der Waals surface area (Å²) < 4.78 is 0. The van der Waals surface area contributed by atoms with E-state index in [1.165, 1.54) is 25.7 Å². The Morgan fingerprint density at radius 1 is 1.31 bits per heavy atom. The highest BCUT2D eigenvalue weighted by Crippen LogP contribution is 2.31. The van der Waals surface area contributed by atoms with E-state index in [9.17, 15) is 0 Å². The van der Waals surface area contributed by atoms with Crippen LogP contribution in [0, 0.1) is 5.92 Å². The van der Waals surface area contributed by atoms with E-state index in [0.717, 1.165) is 12.3 Å². The van der Waals surface area contributed by atoms with Crippen molar-refractivity contribution in [2.24, 2.45) is 11.7 Å². The van der Waals surface area contributed by atoms with Crippen LogP contribution in [0.1, 0.15) is 39.0 Å². The molecule has 0 amide bonds. The Kier molecular flexibility index (Phi) is 4.20. The summed E-state index contributed by atoms with van der Waals surface area (Å²) in [5, 5.41) is 0. The lowest BCUT2D eigenvalue weighted by Gasteiger charge is -2.31. The molecule has 1 saturated carbocycles. The molecule has 0 heterocycles. The number of hydrogen-bond donors (Lipinski definition) is 1. The van der Waals surface area contributed by atoms with Gasteiger partial charge in [-0.15, -0.1) is 0 Å². The molecule has 2 heteroatoms. The Bertz CT molecular complexity index is 137. The molecule has 0 aromatic rings. The van der Waals surface area contributed by atoms with E-state index in [0.29, 0.717) is 12.1 Å². The third-order valence-electron chi connectivity index (χ3n) is 3.22. The van der Waals surface area contributed by atoms with Gasteiger partial charge in [0.2, 0.25) is 0 Å². The molecule has 2 nitrogen and oxygen atoms in total. The molecule has 78 valence electrons. The molecule has 2 atom stereocenters. The van der Waals surface area contributed by atoms with Gasteiger partial charge in [0.1, 0.15) is 0 Å². The van der Waals surface area contributed by atoms with E-state index < -0.39 is 0 Å². The van der Waals surface area contributed by atoms with E-state index in [1.807, 2.05) is 0 Å². The SMILES string of the molecule is CC(N)CC(C1CCCC1)N(C)C. The average Bonchev–Trinajstić information content (AvgIpc) is 2.50. The Balaban J connectivity index is 2.45. The molecule has 0 aromatic carbocycles. The van der Waals surface area contributed by atoms with E-state index >= 15 is 0 Å². The Hall–Kier alpha value is -0.0800. The van der Waals surface area contributed by atoms with Crippen LogP contribution in [0.2, 0.25) is 0 Å². The fourth-order valence-corrected chi connectivity index (χ4v) is 2.55. The smallest absolute Gasteiger partial charge is 0.0132 e. The van der Waals surface area contributed by atoms with Crippen molar-refractivity contribution in [3.63, 3.8) is 0 Å². The summed E-state index contributed by atoms with van der Waals surface area (Å²) in [6, 6.07) is 1.05. The molecule has 1 aliphatic rings. The molecule has 1 aliphatic carbocycles. The van der Waals surface area contributed by atoms with Crippen LogP contribution in [0.25, 0.3) is 0 Å². The second kappa shape index (κ2) is 4.97. The van der Waals surface area contributed by atoms with Crippen LogP contribution >= 0.6 is 0 Å². The molecule has 1 fully saturated rings. The second-order valence-corrected chi connectivity index (χ2v) is 4.79. The van der Waals surface area contributed by atoms with Gasteiger partial charge < -0.3 is 10.6 Å².